The van der Waals surface area contributed by atoms with E-state index in [-0.39, 0.29) is 17.8 Å². The van der Waals surface area contributed by atoms with Gasteiger partial charge in [0, 0.05) is 11.0 Å². The highest BCUT2D eigenvalue weighted by atomic mass is 79.9. The van der Waals surface area contributed by atoms with E-state index >= 15 is 0 Å². The summed E-state index contributed by atoms with van der Waals surface area (Å²) in [6.45, 7) is 4.18. The maximum atomic E-state index is 11.2. The normalized spacial score (nSPS) is 15.9. The molecule has 1 aliphatic carbocycles. The fourth-order valence-corrected chi connectivity index (χ4v) is 3.58. The first-order valence-electron chi connectivity index (χ1n) is 7.03. The molecular weight excluding hydrogens is 336 g/mol. The largest absolute Gasteiger partial charge is 0.493 e. The summed E-state index contributed by atoms with van der Waals surface area (Å²) in [5.74, 6) is 0.834. The lowest BCUT2D eigenvalue weighted by Gasteiger charge is -2.25. The standard InChI is InChI=1S/C16H21BrO4/c1-9(2)13-10(16(5-6-16)8-12(18)19)7-11(17)14(20-3)15(13)21-4/h7,9H,5-6,8H2,1-4H3,(H,18,19). The van der Waals surface area contributed by atoms with Gasteiger partial charge in [-0.1, -0.05) is 13.8 Å². The Balaban J connectivity index is 2.66. The molecular formula is C16H21BrO4. The van der Waals surface area contributed by atoms with Crippen LogP contribution < -0.4 is 9.47 Å². The highest BCUT2D eigenvalue weighted by Gasteiger charge is 2.48. The number of halogens is 1. The summed E-state index contributed by atoms with van der Waals surface area (Å²) in [7, 11) is 3.23. The predicted molar refractivity (Wildman–Crippen MR) is 84.5 cm³/mol. The first-order chi connectivity index (χ1) is 9.86. The fourth-order valence-electron chi connectivity index (χ4n) is 3.01. The van der Waals surface area contributed by atoms with Crippen LogP contribution in [0, 0.1) is 0 Å². The molecule has 0 spiro atoms. The van der Waals surface area contributed by atoms with E-state index in [4.69, 9.17) is 9.47 Å². The van der Waals surface area contributed by atoms with Crippen molar-refractivity contribution < 1.29 is 19.4 Å². The minimum atomic E-state index is -0.756. The third-order valence-corrected chi connectivity index (χ3v) is 4.72. The molecule has 0 amide bonds. The zero-order valence-corrected chi connectivity index (χ0v) is 14.4. The Morgan fingerprint density at radius 3 is 2.29 bits per heavy atom. The van der Waals surface area contributed by atoms with Crippen LogP contribution in [-0.2, 0) is 10.2 Å². The summed E-state index contributed by atoms with van der Waals surface area (Å²) in [5, 5.41) is 9.21. The van der Waals surface area contributed by atoms with E-state index in [1.54, 1.807) is 14.2 Å². The van der Waals surface area contributed by atoms with Crippen LogP contribution in [0.5, 0.6) is 11.5 Å². The van der Waals surface area contributed by atoms with Crippen LogP contribution in [0.4, 0.5) is 0 Å². The van der Waals surface area contributed by atoms with E-state index in [0.717, 1.165) is 28.4 Å². The van der Waals surface area contributed by atoms with Gasteiger partial charge in [-0.05, 0) is 46.3 Å². The minimum absolute atomic E-state index is 0.161. The van der Waals surface area contributed by atoms with Gasteiger partial charge in [0.1, 0.15) is 0 Å². The zero-order valence-electron chi connectivity index (χ0n) is 12.8. The molecule has 1 aromatic carbocycles. The van der Waals surface area contributed by atoms with E-state index in [1.165, 1.54) is 0 Å². The highest BCUT2D eigenvalue weighted by molar-refractivity contribution is 9.10. The van der Waals surface area contributed by atoms with Gasteiger partial charge in [-0.3, -0.25) is 4.79 Å². The molecule has 21 heavy (non-hydrogen) atoms. The molecule has 4 nitrogen and oxygen atoms in total. The minimum Gasteiger partial charge on any atom is -0.493 e. The van der Waals surface area contributed by atoms with Gasteiger partial charge in [0.15, 0.2) is 11.5 Å². The summed E-state index contributed by atoms with van der Waals surface area (Å²) in [6, 6.07) is 2.01. The Hall–Kier alpha value is -1.23. The summed E-state index contributed by atoms with van der Waals surface area (Å²) in [4.78, 5) is 11.2. The SMILES string of the molecule is COc1c(Br)cc(C2(CC(=O)O)CC2)c(C(C)C)c1OC. The number of benzene rings is 1. The number of methoxy groups -OCH3 is 2. The lowest BCUT2D eigenvalue weighted by Crippen LogP contribution is -2.17. The lowest BCUT2D eigenvalue weighted by molar-refractivity contribution is -0.137. The number of carbonyl (C=O) groups is 1. The van der Waals surface area contributed by atoms with Gasteiger partial charge < -0.3 is 14.6 Å². The molecule has 0 saturated heterocycles. The molecule has 0 aliphatic heterocycles. The Bertz CT molecular complexity index is 562. The number of carboxylic acids is 1. The van der Waals surface area contributed by atoms with Gasteiger partial charge in [0.05, 0.1) is 25.1 Å². The van der Waals surface area contributed by atoms with Gasteiger partial charge in [0.2, 0.25) is 0 Å². The molecule has 116 valence electrons. The number of hydrogen-bond donors (Lipinski definition) is 1. The Kier molecular flexibility index (Phi) is 4.51. The van der Waals surface area contributed by atoms with Crippen molar-refractivity contribution in [1.29, 1.82) is 0 Å². The number of carboxylic acid groups (broad SMARTS) is 1. The van der Waals surface area contributed by atoms with Crippen molar-refractivity contribution in [3.8, 4) is 11.5 Å². The molecule has 0 atom stereocenters. The molecule has 0 unspecified atom stereocenters. The quantitative estimate of drug-likeness (QED) is 0.833. The van der Waals surface area contributed by atoms with Crippen molar-refractivity contribution in [1.82, 2.24) is 0 Å². The summed E-state index contributed by atoms with van der Waals surface area (Å²) < 4.78 is 11.8. The molecule has 1 aromatic rings. The van der Waals surface area contributed by atoms with Crippen LogP contribution in [0.2, 0.25) is 0 Å². The second-order valence-electron chi connectivity index (χ2n) is 5.89. The molecule has 5 heteroatoms. The molecule has 1 aliphatic rings. The van der Waals surface area contributed by atoms with E-state index in [1.807, 2.05) is 6.07 Å². The second-order valence-corrected chi connectivity index (χ2v) is 6.75. The maximum absolute atomic E-state index is 11.2. The van der Waals surface area contributed by atoms with Gasteiger partial charge in [-0.2, -0.15) is 0 Å². The monoisotopic (exact) mass is 356 g/mol. The highest BCUT2D eigenvalue weighted by Crippen LogP contribution is 2.57. The van der Waals surface area contributed by atoms with Crippen molar-refractivity contribution in [3.05, 3.63) is 21.7 Å². The van der Waals surface area contributed by atoms with Crippen molar-refractivity contribution in [2.75, 3.05) is 14.2 Å². The average Bonchev–Trinajstić information content (AvgIpc) is 3.16. The van der Waals surface area contributed by atoms with Crippen LogP contribution in [0.15, 0.2) is 10.5 Å². The molecule has 0 radical (unpaired) electrons. The van der Waals surface area contributed by atoms with Crippen LogP contribution >= 0.6 is 15.9 Å². The van der Waals surface area contributed by atoms with Gasteiger partial charge in [0.25, 0.3) is 0 Å². The topological polar surface area (TPSA) is 55.8 Å². The number of rotatable bonds is 6. The first-order valence-corrected chi connectivity index (χ1v) is 7.82. The van der Waals surface area contributed by atoms with E-state index < -0.39 is 5.97 Å². The number of ether oxygens (including phenoxy) is 2. The Morgan fingerprint density at radius 2 is 1.90 bits per heavy atom. The van der Waals surface area contributed by atoms with Gasteiger partial charge in [-0.15, -0.1) is 0 Å². The van der Waals surface area contributed by atoms with E-state index in [9.17, 15) is 9.90 Å². The predicted octanol–water partition coefficient (Wildman–Crippen LogP) is 4.10. The summed E-state index contributed by atoms with van der Waals surface area (Å²) in [5.41, 5.74) is 1.87. The fraction of sp³-hybridized carbons (Fsp3) is 0.562. The van der Waals surface area contributed by atoms with Crippen molar-refractivity contribution in [2.24, 2.45) is 0 Å². The van der Waals surface area contributed by atoms with Gasteiger partial charge >= 0.3 is 5.97 Å². The van der Waals surface area contributed by atoms with Crippen LogP contribution in [0.3, 0.4) is 0 Å². The van der Waals surface area contributed by atoms with Gasteiger partial charge in [-0.25, -0.2) is 0 Å². The molecule has 1 fully saturated rings. The smallest absolute Gasteiger partial charge is 0.304 e. The van der Waals surface area contributed by atoms with E-state index in [2.05, 4.69) is 29.8 Å². The van der Waals surface area contributed by atoms with Crippen LogP contribution in [0.1, 0.15) is 50.2 Å². The molecule has 2 rings (SSSR count). The summed E-state index contributed by atoms with van der Waals surface area (Å²) >= 11 is 3.52. The Labute approximate surface area is 133 Å². The van der Waals surface area contributed by atoms with Crippen molar-refractivity contribution in [2.45, 2.75) is 44.4 Å². The average molecular weight is 357 g/mol. The summed E-state index contributed by atoms with van der Waals surface area (Å²) in [6.07, 6.45) is 1.97. The Morgan fingerprint density at radius 1 is 1.33 bits per heavy atom. The lowest BCUT2D eigenvalue weighted by atomic mass is 9.83. The number of hydrogen-bond acceptors (Lipinski definition) is 3. The molecule has 1 saturated carbocycles. The molecule has 0 aromatic heterocycles. The maximum Gasteiger partial charge on any atom is 0.304 e. The number of aliphatic carboxylic acids is 1. The zero-order chi connectivity index (χ0) is 15.8. The molecule has 1 N–H and O–H groups in total. The molecule has 0 bridgehead atoms. The third-order valence-electron chi connectivity index (χ3n) is 4.13. The van der Waals surface area contributed by atoms with Crippen molar-refractivity contribution in [3.63, 3.8) is 0 Å². The van der Waals surface area contributed by atoms with E-state index in [0.29, 0.717) is 11.5 Å². The van der Waals surface area contributed by atoms with Crippen LogP contribution in [-0.4, -0.2) is 25.3 Å². The first kappa shape index (κ1) is 16.1. The molecule has 0 heterocycles. The third kappa shape index (κ3) is 2.89. The second kappa shape index (κ2) is 5.87. The van der Waals surface area contributed by atoms with Crippen LogP contribution in [0.25, 0.3) is 0 Å². The van der Waals surface area contributed by atoms with Crippen molar-refractivity contribution >= 4 is 21.9 Å².